The van der Waals surface area contributed by atoms with Gasteiger partial charge in [-0.25, -0.2) is 0 Å². The predicted molar refractivity (Wildman–Crippen MR) is 66.5 cm³/mol. The number of hydrogen-bond donors (Lipinski definition) is 0. The van der Waals surface area contributed by atoms with Crippen LogP contribution >= 0.6 is 23.2 Å². The minimum atomic E-state index is -0.414. The summed E-state index contributed by atoms with van der Waals surface area (Å²) in [4.78, 5) is 14.6. The molecule has 92 valence electrons. The molecule has 0 fully saturated rings. The molecule has 5 nitrogen and oxygen atoms in total. The standard InChI is InChI=1S/C10H10Cl2N2O3/c1-17-13-10(4-5-14(15)16)7-2-3-8(11)9(12)6-7/h2-3,6H,4-5H2,1H3/b13-10+. The molecular weight excluding hydrogens is 267 g/mol. The lowest BCUT2D eigenvalue weighted by atomic mass is 10.1. The van der Waals surface area contributed by atoms with Crippen LogP contribution in [0.4, 0.5) is 0 Å². The highest BCUT2D eigenvalue weighted by Gasteiger charge is 2.10. The summed E-state index contributed by atoms with van der Waals surface area (Å²) in [7, 11) is 1.38. The lowest BCUT2D eigenvalue weighted by molar-refractivity contribution is -0.478. The van der Waals surface area contributed by atoms with Crippen molar-refractivity contribution >= 4 is 28.9 Å². The van der Waals surface area contributed by atoms with Crippen LogP contribution < -0.4 is 0 Å². The van der Waals surface area contributed by atoms with Crippen molar-refractivity contribution in [2.45, 2.75) is 6.42 Å². The summed E-state index contributed by atoms with van der Waals surface area (Å²) in [5.74, 6) is 0. The molecule has 1 aromatic rings. The van der Waals surface area contributed by atoms with Crippen molar-refractivity contribution in [1.82, 2.24) is 0 Å². The smallest absolute Gasteiger partial charge is 0.209 e. The zero-order valence-electron chi connectivity index (χ0n) is 9.02. The van der Waals surface area contributed by atoms with E-state index in [1.165, 1.54) is 7.11 Å². The lowest BCUT2D eigenvalue weighted by Gasteiger charge is -2.05. The van der Waals surface area contributed by atoms with Crippen molar-refractivity contribution in [2.75, 3.05) is 13.7 Å². The van der Waals surface area contributed by atoms with Gasteiger partial charge in [-0.3, -0.25) is 10.1 Å². The van der Waals surface area contributed by atoms with E-state index in [2.05, 4.69) is 9.99 Å². The lowest BCUT2D eigenvalue weighted by Crippen LogP contribution is -2.10. The highest BCUT2D eigenvalue weighted by atomic mass is 35.5. The van der Waals surface area contributed by atoms with E-state index in [0.717, 1.165) is 0 Å². The summed E-state index contributed by atoms with van der Waals surface area (Å²) in [6, 6.07) is 4.89. The van der Waals surface area contributed by atoms with Gasteiger partial charge < -0.3 is 4.84 Å². The number of hydrogen-bond acceptors (Lipinski definition) is 4. The van der Waals surface area contributed by atoms with Crippen LogP contribution in [0.3, 0.4) is 0 Å². The fourth-order valence-electron chi connectivity index (χ4n) is 1.23. The van der Waals surface area contributed by atoms with E-state index in [1.54, 1.807) is 18.2 Å². The molecule has 0 radical (unpaired) electrons. The van der Waals surface area contributed by atoms with Gasteiger partial charge in [-0.2, -0.15) is 0 Å². The molecule has 1 rings (SSSR count). The molecule has 0 aliphatic carbocycles. The van der Waals surface area contributed by atoms with Gasteiger partial charge in [0.25, 0.3) is 0 Å². The molecule has 1 aromatic carbocycles. The first kappa shape index (κ1) is 13.7. The Hall–Kier alpha value is -1.33. The largest absolute Gasteiger partial charge is 0.399 e. The molecule has 0 saturated heterocycles. The van der Waals surface area contributed by atoms with Crippen LogP contribution in [-0.4, -0.2) is 24.3 Å². The van der Waals surface area contributed by atoms with Crippen LogP contribution in [0.25, 0.3) is 0 Å². The Balaban J connectivity index is 2.93. The highest BCUT2D eigenvalue weighted by Crippen LogP contribution is 2.23. The third kappa shape index (κ3) is 4.20. The maximum atomic E-state index is 10.3. The van der Waals surface area contributed by atoms with Crippen LogP contribution in [-0.2, 0) is 4.84 Å². The molecule has 0 bridgehead atoms. The molecule has 0 saturated carbocycles. The van der Waals surface area contributed by atoms with Crippen LogP contribution in [0.1, 0.15) is 12.0 Å². The van der Waals surface area contributed by atoms with Crippen molar-refractivity contribution in [3.8, 4) is 0 Å². The molecule has 0 aliphatic heterocycles. The maximum Gasteiger partial charge on any atom is 0.209 e. The van der Waals surface area contributed by atoms with E-state index in [1.807, 2.05) is 0 Å². The van der Waals surface area contributed by atoms with Gasteiger partial charge in [0, 0.05) is 10.5 Å². The van der Waals surface area contributed by atoms with Crippen LogP contribution in [0, 0.1) is 10.1 Å². The Morgan fingerprint density at radius 1 is 1.47 bits per heavy atom. The summed E-state index contributed by atoms with van der Waals surface area (Å²) in [5, 5.41) is 14.9. The minimum Gasteiger partial charge on any atom is -0.399 e. The van der Waals surface area contributed by atoms with Crippen molar-refractivity contribution in [3.05, 3.63) is 43.9 Å². The van der Waals surface area contributed by atoms with Gasteiger partial charge >= 0.3 is 0 Å². The molecule has 0 spiro atoms. The first-order valence-corrected chi connectivity index (χ1v) is 5.47. The second-order valence-corrected chi connectivity index (χ2v) is 3.97. The topological polar surface area (TPSA) is 64.7 Å². The summed E-state index contributed by atoms with van der Waals surface area (Å²) in [6.45, 7) is -0.220. The van der Waals surface area contributed by atoms with Gasteiger partial charge in [-0.15, -0.1) is 0 Å². The van der Waals surface area contributed by atoms with E-state index in [9.17, 15) is 10.1 Å². The van der Waals surface area contributed by atoms with Gasteiger partial charge in [0.2, 0.25) is 6.54 Å². The number of halogens is 2. The zero-order chi connectivity index (χ0) is 12.8. The molecule has 0 aliphatic rings. The number of benzene rings is 1. The summed E-state index contributed by atoms with van der Waals surface area (Å²) in [5.41, 5.74) is 1.12. The van der Waals surface area contributed by atoms with Crippen LogP contribution in [0.2, 0.25) is 10.0 Å². The van der Waals surface area contributed by atoms with Crippen molar-refractivity contribution in [2.24, 2.45) is 5.16 Å². The van der Waals surface area contributed by atoms with E-state index < -0.39 is 4.92 Å². The second-order valence-electron chi connectivity index (χ2n) is 3.16. The number of oxime groups is 1. The van der Waals surface area contributed by atoms with Gasteiger partial charge in [-0.1, -0.05) is 34.4 Å². The maximum absolute atomic E-state index is 10.3. The fourth-order valence-corrected chi connectivity index (χ4v) is 1.52. The van der Waals surface area contributed by atoms with Gasteiger partial charge in [0.05, 0.1) is 22.2 Å². The zero-order valence-corrected chi connectivity index (χ0v) is 10.5. The van der Waals surface area contributed by atoms with E-state index >= 15 is 0 Å². The molecule has 0 amide bonds. The minimum absolute atomic E-state index is 0.165. The summed E-state index contributed by atoms with van der Waals surface area (Å²) in [6.07, 6.45) is 0.165. The second kappa shape index (κ2) is 6.42. The average Bonchev–Trinajstić information content (AvgIpc) is 2.28. The summed E-state index contributed by atoms with van der Waals surface area (Å²) >= 11 is 11.6. The van der Waals surface area contributed by atoms with Crippen LogP contribution in [0.15, 0.2) is 23.4 Å². The Morgan fingerprint density at radius 3 is 2.71 bits per heavy atom. The molecule has 0 aromatic heterocycles. The van der Waals surface area contributed by atoms with Gasteiger partial charge in [0.1, 0.15) is 7.11 Å². The van der Waals surface area contributed by atoms with Crippen molar-refractivity contribution in [3.63, 3.8) is 0 Å². The van der Waals surface area contributed by atoms with E-state index in [-0.39, 0.29) is 13.0 Å². The van der Waals surface area contributed by atoms with Crippen LogP contribution in [0.5, 0.6) is 0 Å². The Kier molecular flexibility index (Phi) is 5.18. The fraction of sp³-hybridized carbons (Fsp3) is 0.300. The first-order valence-electron chi connectivity index (χ1n) is 4.72. The van der Waals surface area contributed by atoms with Crippen molar-refractivity contribution in [1.29, 1.82) is 0 Å². The SMILES string of the molecule is CO/N=C(\CC[N+](=O)[O-])c1ccc(Cl)c(Cl)c1. The third-order valence-corrected chi connectivity index (χ3v) is 2.72. The number of rotatable bonds is 5. The monoisotopic (exact) mass is 276 g/mol. The first-order chi connectivity index (χ1) is 8.04. The molecule has 0 atom stereocenters. The number of nitrogens with zero attached hydrogens (tertiary/aromatic N) is 2. The molecule has 0 heterocycles. The Labute approximate surface area is 108 Å². The molecule has 7 heteroatoms. The molecule has 17 heavy (non-hydrogen) atoms. The predicted octanol–water partition coefficient (Wildman–Crippen LogP) is 3.01. The van der Waals surface area contributed by atoms with E-state index in [0.29, 0.717) is 21.3 Å². The molecule has 0 unspecified atom stereocenters. The summed E-state index contributed by atoms with van der Waals surface area (Å²) < 4.78 is 0. The van der Waals surface area contributed by atoms with E-state index in [4.69, 9.17) is 23.2 Å². The quantitative estimate of drug-likeness (QED) is 0.472. The Bertz CT molecular complexity index is 449. The van der Waals surface area contributed by atoms with Gasteiger partial charge in [-0.05, 0) is 12.1 Å². The normalized spacial score (nSPS) is 11.4. The van der Waals surface area contributed by atoms with Gasteiger partial charge in [0.15, 0.2) is 0 Å². The van der Waals surface area contributed by atoms with Crippen molar-refractivity contribution < 1.29 is 9.76 Å². The average molecular weight is 277 g/mol. The molecular formula is C10H10Cl2N2O3. The number of nitro groups is 1. The molecule has 0 N–H and O–H groups in total. The Morgan fingerprint density at radius 2 is 2.18 bits per heavy atom. The third-order valence-electron chi connectivity index (χ3n) is 1.99. The highest BCUT2D eigenvalue weighted by molar-refractivity contribution is 6.42.